The quantitative estimate of drug-likeness (QED) is 0.822. The fourth-order valence-corrected chi connectivity index (χ4v) is 2.61. The van der Waals surface area contributed by atoms with Gasteiger partial charge in [0.15, 0.2) is 0 Å². The Labute approximate surface area is 113 Å². The van der Waals surface area contributed by atoms with E-state index in [0.29, 0.717) is 13.2 Å². The summed E-state index contributed by atoms with van der Waals surface area (Å²) in [5.74, 6) is -0.0553. The highest BCUT2D eigenvalue weighted by atomic mass is 32.1. The molecule has 1 rings (SSSR count). The minimum Gasteiger partial charge on any atom is -0.369 e. The van der Waals surface area contributed by atoms with Crippen LogP contribution >= 0.6 is 11.3 Å². The Kier molecular flexibility index (Phi) is 6.32. The van der Waals surface area contributed by atoms with Gasteiger partial charge in [-0.05, 0) is 39.4 Å². The molecule has 1 aromatic heterocycles. The van der Waals surface area contributed by atoms with Gasteiger partial charge in [-0.1, -0.05) is 6.07 Å². The zero-order valence-corrected chi connectivity index (χ0v) is 12.3. The van der Waals surface area contributed by atoms with Crippen LogP contribution in [0.25, 0.3) is 0 Å². The van der Waals surface area contributed by atoms with Crippen LogP contribution in [0.2, 0.25) is 0 Å². The topological polar surface area (TPSA) is 41.6 Å². The molecule has 0 fully saturated rings. The molecule has 18 heavy (non-hydrogen) atoms. The van der Waals surface area contributed by atoms with Crippen LogP contribution in [0.1, 0.15) is 24.8 Å². The van der Waals surface area contributed by atoms with Gasteiger partial charge >= 0.3 is 0 Å². The van der Waals surface area contributed by atoms with E-state index in [1.165, 1.54) is 4.88 Å². The van der Waals surface area contributed by atoms with Crippen LogP contribution in [-0.4, -0.2) is 44.2 Å². The Bertz CT molecular complexity index is 352. The second-order valence-corrected chi connectivity index (χ2v) is 5.32. The van der Waals surface area contributed by atoms with Crippen molar-refractivity contribution in [3.63, 3.8) is 0 Å². The molecule has 0 saturated heterocycles. The number of carbonyl (C=O) groups is 1. The Hall–Kier alpha value is -0.910. The first-order chi connectivity index (χ1) is 8.56. The summed E-state index contributed by atoms with van der Waals surface area (Å²) >= 11 is 1.71. The molecule has 1 N–H and O–H groups in total. The number of nitrogens with zero attached hydrogens (tertiary/aromatic N) is 1. The lowest BCUT2D eigenvalue weighted by atomic mass is 10.2. The van der Waals surface area contributed by atoms with Crippen molar-refractivity contribution in [1.82, 2.24) is 10.2 Å². The molecular formula is C13H22N2O2S. The number of hydrogen-bond acceptors (Lipinski definition) is 4. The summed E-state index contributed by atoms with van der Waals surface area (Å²) in [6, 6.07) is 4.33. The molecule has 102 valence electrons. The zero-order chi connectivity index (χ0) is 13.5. The third-order valence-electron chi connectivity index (χ3n) is 2.75. The van der Waals surface area contributed by atoms with E-state index < -0.39 is 0 Å². The molecule has 1 heterocycles. The van der Waals surface area contributed by atoms with E-state index in [1.54, 1.807) is 18.3 Å². The summed E-state index contributed by atoms with van der Waals surface area (Å²) in [4.78, 5) is 15.1. The molecule has 0 aliphatic carbocycles. The predicted molar refractivity (Wildman–Crippen MR) is 74.8 cm³/mol. The highest BCUT2D eigenvalue weighted by Crippen LogP contribution is 2.22. The standard InChI is InChI=1S/C13H22N2O2S/c1-5-17-10(2)13(16)14-9-11(15(3)4)12-7-6-8-18-12/h6-8,10-11H,5,9H2,1-4H3,(H,14,16)/t10-,11+/m0/s1. The number of nitrogens with one attached hydrogen (secondary N) is 1. The zero-order valence-electron chi connectivity index (χ0n) is 11.5. The molecule has 1 amide bonds. The van der Waals surface area contributed by atoms with Crippen LogP contribution < -0.4 is 5.32 Å². The second kappa shape index (κ2) is 7.51. The first-order valence-electron chi connectivity index (χ1n) is 6.15. The third-order valence-corrected chi connectivity index (χ3v) is 3.72. The van der Waals surface area contributed by atoms with Crippen LogP contribution in [0.3, 0.4) is 0 Å². The first-order valence-corrected chi connectivity index (χ1v) is 7.03. The molecule has 0 radical (unpaired) electrons. The van der Waals surface area contributed by atoms with Crippen molar-refractivity contribution in [2.45, 2.75) is 26.0 Å². The van der Waals surface area contributed by atoms with E-state index in [2.05, 4.69) is 21.7 Å². The molecule has 0 unspecified atom stereocenters. The van der Waals surface area contributed by atoms with Crippen LogP contribution in [0.5, 0.6) is 0 Å². The summed E-state index contributed by atoms with van der Waals surface area (Å²) in [6.45, 7) is 4.81. The Balaban J connectivity index is 2.51. The minimum absolute atomic E-state index is 0.0553. The summed E-state index contributed by atoms with van der Waals surface area (Å²) < 4.78 is 5.26. The maximum Gasteiger partial charge on any atom is 0.248 e. The maximum atomic E-state index is 11.8. The van der Waals surface area contributed by atoms with Gasteiger partial charge in [0.05, 0.1) is 6.04 Å². The number of rotatable bonds is 7. The number of thiophene rings is 1. The van der Waals surface area contributed by atoms with E-state index >= 15 is 0 Å². The number of hydrogen-bond donors (Lipinski definition) is 1. The van der Waals surface area contributed by atoms with Gasteiger partial charge < -0.3 is 15.0 Å². The predicted octanol–water partition coefficient (Wildman–Crippen LogP) is 1.89. The van der Waals surface area contributed by atoms with E-state index in [-0.39, 0.29) is 18.1 Å². The molecule has 0 aromatic carbocycles. The average molecular weight is 270 g/mol. The van der Waals surface area contributed by atoms with E-state index in [9.17, 15) is 4.79 Å². The number of likely N-dealkylation sites (N-methyl/N-ethyl adjacent to an activating group) is 1. The van der Waals surface area contributed by atoms with Crippen LogP contribution in [0.15, 0.2) is 17.5 Å². The van der Waals surface area contributed by atoms with Crippen molar-refractivity contribution in [2.24, 2.45) is 0 Å². The van der Waals surface area contributed by atoms with Crippen LogP contribution in [0, 0.1) is 0 Å². The SMILES string of the molecule is CCO[C@@H](C)C(=O)NC[C@H](c1cccs1)N(C)C. The van der Waals surface area contributed by atoms with Crippen LogP contribution in [0.4, 0.5) is 0 Å². The fourth-order valence-electron chi connectivity index (χ4n) is 1.69. The van der Waals surface area contributed by atoms with Crippen molar-refractivity contribution < 1.29 is 9.53 Å². The van der Waals surface area contributed by atoms with Crippen molar-refractivity contribution in [3.05, 3.63) is 22.4 Å². The van der Waals surface area contributed by atoms with Gasteiger partial charge in [-0.2, -0.15) is 0 Å². The second-order valence-electron chi connectivity index (χ2n) is 4.34. The largest absolute Gasteiger partial charge is 0.369 e. The Morgan fingerprint density at radius 1 is 1.56 bits per heavy atom. The van der Waals surface area contributed by atoms with Crippen molar-refractivity contribution in [3.8, 4) is 0 Å². The van der Waals surface area contributed by atoms with Gasteiger partial charge in [0.2, 0.25) is 5.91 Å². The smallest absolute Gasteiger partial charge is 0.248 e. The molecule has 5 heteroatoms. The van der Waals surface area contributed by atoms with Gasteiger partial charge in [-0.25, -0.2) is 0 Å². The number of ether oxygens (including phenoxy) is 1. The fraction of sp³-hybridized carbons (Fsp3) is 0.615. The van der Waals surface area contributed by atoms with Crippen molar-refractivity contribution in [1.29, 1.82) is 0 Å². The Morgan fingerprint density at radius 2 is 2.28 bits per heavy atom. The van der Waals surface area contributed by atoms with E-state index in [0.717, 1.165) is 0 Å². The monoisotopic (exact) mass is 270 g/mol. The molecular weight excluding hydrogens is 248 g/mol. The average Bonchev–Trinajstić information content (AvgIpc) is 2.82. The van der Waals surface area contributed by atoms with Gasteiger partial charge in [0.25, 0.3) is 0 Å². The molecule has 1 aromatic rings. The molecule has 0 spiro atoms. The maximum absolute atomic E-state index is 11.8. The molecule has 0 aliphatic heterocycles. The number of amides is 1. The van der Waals surface area contributed by atoms with E-state index in [4.69, 9.17) is 4.74 Å². The van der Waals surface area contributed by atoms with Crippen LogP contribution in [-0.2, 0) is 9.53 Å². The summed E-state index contributed by atoms with van der Waals surface area (Å²) in [5, 5.41) is 4.99. The number of carbonyl (C=O) groups excluding carboxylic acids is 1. The van der Waals surface area contributed by atoms with Gasteiger partial charge in [0, 0.05) is 18.0 Å². The first kappa shape index (κ1) is 15.1. The summed E-state index contributed by atoms with van der Waals surface area (Å²) in [5.41, 5.74) is 0. The molecule has 0 bridgehead atoms. The van der Waals surface area contributed by atoms with Gasteiger partial charge in [0.1, 0.15) is 6.10 Å². The summed E-state index contributed by atoms with van der Waals surface area (Å²) in [7, 11) is 4.03. The van der Waals surface area contributed by atoms with Gasteiger partial charge in [-0.15, -0.1) is 11.3 Å². The lowest BCUT2D eigenvalue weighted by molar-refractivity contribution is -0.131. The molecule has 0 saturated carbocycles. The van der Waals surface area contributed by atoms with Crippen molar-refractivity contribution >= 4 is 17.2 Å². The van der Waals surface area contributed by atoms with E-state index in [1.807, 2.05) is 27.1 Å². The molecule has 2 atom stereocenters. The highest BCUT2D eigenvalue weighted by molar-refractivity contribution is 7.10. The van der Waals surface area contributed by atoms with Crippen molar-refractivity contribution in [2.75, 3.05) is 27.2 Å². The van der Waals surface area contributed by atoms with Gasteiger partial charge in [-0.3, -0.25) is 4.79 Å². The molecule has 0 aliphatic rings. The summed E-state index contributed by atoms with van der Waals surface area (Å²) in [6.07, 6.45) is -0.388. The molecule has 4 nitrogen and oxygen atoms in total. The minimum atomic E-state index is -0.388. The third kappa shape index (κ3) is 4.40. The normalized spacial score (nSPS) is 14.5. The lowest BCUT2D eigenvalue weighted by Gasteiger charge is -2.24. The highest BCUT2D eigenvalue weighted by Gasteiger charge is 2.18. The lowest BCUT2D eigenvalue weighted by Crippen LogP contribution is -2.39. The Morgan fingerprint density at radius 3 is 2.78 bits per heavy atom.